The van der Waals surface area contributed by atoms with E-state index in [4.69, 9.17) is 11.6 Å². The lowest BCUT2D eigenvalue weighted by Crippen LogP contribution is -2.42. The molecule has 0 spiro atoms. The highest BCUT2D eigenvalue weighted by molar-refractivity contribution is 6.31. The Labute approximate surface area is 101 Å². The standard InChI is InChI=1S/C11H18ClN3O/c1-6-7(2)14-10(9(12)13-6)15-11(4,5)8(3)16/h8,16H,1-5H3,(H,14,15). The van der Waals surface area contributed by atoms with Crippen molar-refractivity contribution in [3.8, 4) is 0 Å². The summed E-state index contributed by atoms with van der Waals surface area (Å²) in [5, 5.41) is 13.0. The summed E-state index contributed by atoms with van der Waals surface area (Å²) < 4.78 is 0. The summed E-state index contributed by atoms with van der Waals surface area (Å²) >= 11 is 5.99. The minimum atomic E-state index is -0.521. The Morgan fingerprint density at radius 3 is 2.25 bits per heavy atom. The van der Waals surface area contributed by atoms with Crippen LogP contribution in [0.4, 0.5) is 5.82 Å². The highest BCUT2D eigenvalue weighted by Gasteiger charge is 2.25. The summed E-state index contributed by atoms with van der Waals surface area (Å²) in [6.07, 6.45) is -0.521. The van der Waals surface area contributed by atoms with Gasteiger partial charge in [0.05, 0.1) is 23.0 Å². The molecule has 5 heteroatoms. The zero-order chi connectivity index (χ0) is 12.5. The van der Waals surface area contributed by atoms with E-state index in [-0.39, 0.29) is 0 Å². The average molecular weight is 244 g/mol. The van der Waals surface area contributed by atoms with E-state index < -0.39 is 11.6 Å². The topological polar surface area (TPSA) is 58.0 Å². The molecule has 0 radical (unpaired) electrons. The average Bonchev–Trinajstić information content (AvgIpc) is 2.13. The van der Waals surface area contributed by atoms with Gasteiger partial charge in [0.1, 0.15) is 0 Å². The summed E-state index contributed by atoms with van der Waals surface area (Å²) in [5.41, 5.74) is 1.14. The van der Waals surface area contributed by atoms with E-state index in [1.165, 1.54) is 0 Å². The molecule has 0 amide bonds. The fourth-order valence-corrected chi connectivity index (χ4v) is 1.28. The number of halogens is 1. The maximum Gasteiger partial charge on any atom is 0.171 e. The molecule has 0 saturated carbocycles. The van der Waals surface area contributed by atoms with E-state index in [1.54, 1.807) is 6.92 Å². The van der Waals surface area contributed by atoms with Gasteiger partial charge in [-0.15, -0.1) is 0 Å². The third kappa shape index (κ3) is 2.83. The third-order valence-corrected chi connectivity index (χ3v) is 3.01. The monoisotopic (exact) mass is 243 g/mol. The largest absolute Gasteiger partial charge is 0.391 e. The Morgan fingerprint density at radius 1 is 1.25 bits per heavy atom. The first-order chi connectivity index (χ1) is 7.24. The molecule has 1 heterocycles. The summed E-state index contributed by atoms with van der Waals surface area (Å²) in [5.74, 6) is 0.510. The molecule has 4 nitrogen and oxygen atoms in total. The number of nitrogens with one attached hydrogen (secondary N) is 1. The molecule has 1 unspecified atom stereocenters. The van der Waals surface area contributed by atoms with Gasteiger partial charge in [0, 0.05) is 0 Å². The predicted molar refractivity (Wildman–Crippen MR) is 65.9 cm³/mol. The molecule has 0 fully saturated rings. The van der Waals surface area contributed by atoms with E-state index in [1.807, 2.05) is 27.7 Å². The lowest BCUT2D eigenvalue weighted by molar-refractivity contribution is 0.133. The van der Waals surface area contributed by atoms with Gasteiger partial charge >= 0.3 is 0 Å². The Balaban J connectivity index is 3.02. The number of aliphatic hydroxyl groups is 1. The lowest BCUT2D eigenvalue weighted by atomic mass is 9.99. The van der Waals surface area contributed by atoms with Crippen molar-refractivity contribution < 1.29 is 5.11 Å². The van der Waals surface area contributed by atoms with Crippen LogP contribution in [0.25, 0.3) is 0 Å². The van der Waals surface area contributed by atoms with Crippen molar-refractivity contribution in [1.29, 1.82) is 0 Å². The number of anilines is 1. The van der Waals surface area contributed by atoms with Gasteiger partial charge in [-0.25, -0.2) is 9.97 Å². The molecule has 16 heavy (non-hydrogen) atoms. The van der Waals surface area contributed by atoms with Gasteiger partial charge < -0.3 is 10.4 Å². The van der Waals surface area contributed by atoms with E-state index in [9.17, 15) is 5.11 Å². The Kier molecular flexibility index (Phi) is 3.76. The minimum Gasteiger partial charge on any atom is -0.391 e. The van der Waals surface area contributed by atoms with E-state index >= 15 is 0 Å². The van der Waals surface area contributed by atoms with Crippen LogP contribution in [0.3, 0.4) is 0 Å². The number of rotatable bonds is 3. The van der Waals surface area contributed by atoms with Crippen LogP contribution in [0.2, 0.25) is 5.15 Å². The van der Waals surface area contributed by atoms with Gasteiger partial charge in [-0.05, 0) is 34.6 Å². The van der Waals surface area contributed by atoms with Gasteiger partial charge in [-0.1, -0.05) is 11.6 Å². The van der Waals surface area contributed by atoms with Crippen LogP contribution in [0.5, 0.6) is 0 Å². The lowest BCUT2D eigenvalue weighted by Gasteiger charge is -2.30. The van der Waals surface area contributed by atoms with E-state index in [0.717, 1.165) is 11.4 Å². The number of hydrogen-bond acceptors (Lipinski definition) is 4. The van der Waals surface area contributed by atoms with Gasteiger partial charge in [-0.2, -0.15) is 0 Å². The fourth-order valence-electron chi connectivity index (χ4n) is 1.06. The third-order valence-electron chi connectivity index (χ3n) is 2.75. The van der Waals surface area contributed by atoms with Gasteiger partial charge in [0.15, 0.2) is 11.0 Å². The first-order valence-corrected chi connectivity index (χ1v) is 5.59. The molecule has 90 valence electrons. The van der Waals surface area contributed by atoms with Gasteiger partial charge in [0.2, 0.25) is 0 Å². The van der Waals surface area contributed by atoms with Crippen molar-refractivity contribution in [2.45, 2.75) is 46.3 Å². The van der Waals surface area contributed by atoms with Crippen LogP contribution in [0, 0.1) is 13.8 Å². The highest BCUT2D eigenvalue weighted by atomic mass is 35.5. The van der Waals surface area contributed by atoms with Crippen LogP contribution in [-0.2, 0) is 0 Å². The Hall–Kier alpha value is -0.870. The number of aliphatic hydroxyl groups excluding tert-OH is 1. The summed E-state index contributed by atoms with van der Waals surface area (Å²) in [6.45, 7) is 9.21. The molecular weight excluding hydrogens is 226 g/mol. The molecule has 0 aliphatic rings. The van der Waals surface area contributed by atoms with Gasteiger partial charge in [0.25, 0.3) is 0 Å². The second kappa shape index (κ2) is 4.55. The van der Waals surface area contributed by atoms with E-state index in [0.29, 0.717) is 11.0 Å². The zero-order valence-electron chi connectivity index (χ0n) is 10.3. The highest BCUT2D eigenvalue weighted by Crippen LogP contribution is 2.23. The fraction of sp³-hybridized carbons (Fsp3) is 0.636. The maximum atomic E-state index is 9.60. The molecule has 1 atom stereocenters. The molecule has 0 aliphatic carbocycles. The molecule has 1 aromatic rings. The van der Waals surface area contributed by atoms with Crippen LogP contribution < -0.4 is 5.32 Å². The first kappa shape index (κ1) is 13.2. The predicted octanol–water partition coefficient (Wildman–Crippen LogP) is 2.32. The van der Waals surface area contributed by atoms with Crippen LogP contribution in [0.15, 0.2) is 0 Å². The molecule has 1 aromatic heterocycles. The minimum absolute atomic E-state index is 0.330. The number of aryl methyl sites for hydroxylation is 2. The SMILES string of the molecule is Cc1nc(Cl)c(NC(C)(C)C(C)O)nc1C. The van der Waals surface area contributed by atoms with E-state index in [2.05, 4.69) is 15.3 Å². The van der Waals surface area contributed by atoms with Crippen molar-refractivity contribution >= 4 is 17.4 Å². The first-order valence-electron chi connectivity index (χ1n) is 5.21. The quantitative estimate of drug-likeness (QED) is 0.856. The van der Waals surface area contributed by atoms with Crippen LogP contribution in [0.1, 0.15) is 32.2 Å². The zero-order valence-corrected chi connectivity index (χ0v) is 11.1. The normalized spacial score (nSPS) is 13.7. The molecule has 0 bridgehead atoms. The van der Waals surface area contributed by atoms with Crippen molar-refractivity contribution in [2.75, 3.05) is 5.32 Å². The smallest absolute Gasteiger partial charge is 0.171 e. The summed E-state index contributed by atoms with van der Waals surface area (Å²) in [4.78, 5) is 8.50. The van der Waals surface area contributed by atoms with Gasteiger partial charge in [-0.3, -0.25) is 0 Å². The molecule has 0 aromatic carbocycles. The second-order valence-electron chi connectivity index (χ2n) is 4.56. The summed E-state index contributed by atoms with van der Waals surface area (Å²) in [7, 11) is 0. The Bertz CT molecular complexity index is 391. The Morgan fingerprint density at radius 2 is 1.75 bits per heavy atom. The van der Waals surface area contributed by atoms with Crippen molar-refractivity contribution in [1.82, 2.24) is 9.97 Å². The molecule has 2 N–H and O–H groups in total. The van der Waals surface area contributed by atoms with Crippen molar-refractivity contribution in [3.63, 3.8) is 0 Å². The molecule has 0 saturated heterocycles. The number of nitrogens with zero attached hydrogens (tertiary/aromatic N) is 2. The molecule has 0 aliphatic heterocycles. The summed E-state index contributed by atoms with van der Waals surface area (Å²) in [6, 6.07) is 0. The van der Waals surface area contributed by atoms with Crippen LogP contribution in [-0.4, -0.2) is 26.7 Å². The van der Waals surface area contributed by atoms with Crippen molar-refractivity contribution in [3.05, 3.63) is 16.5 Å². The molecule has 1 rings (SSSR count). The van der Waals surface area contributed by atoms with Crippen molar-refractivity contribution in [2.24, 2.45) is 0 Å². The maximum absolute atomic E-state index is 9.60. The number of hydrogen-bond donors (Lipinski definition) is 2. The second-order valence-corrected chi connectivity index (χ2v) is 4.91. The molecular formula is C11H18ClN3O. The van der Waals surface area contributed by atoms with Crippen LogP contribution >= 0.6 is 11.6 Å². The number of aromatic nitrogens is 2.